The molecule has 2 aromatic rings. The van der Waals surface area contributed by atoms with Gasteiger partial charge in [-0.2, -0.15) is 0 Å². The van der Waals surface area contributed by atoms with E-state index in [4.69, 9.17) is 11.6 Å². The SMILES string of the molecule is CN(CC1Cc2ccccc2CN1C)C(=O)Cc1ccc(O)c(Cl)c1. The monoisotopic (exact) mass is 358 g/mol. The van der Waals surface area contributed by atoms with Gasteiger partial charge in [-0.15, -0.1) is 0 Å². The highest BCUT2D eigenvalue weighted by Crippen LogP contribution is 2.25. The Morgan fingerprint density at radius 2 is 2.00 bits per heavy atom. The zero-order chi connectivity index (χ0) is 18.0. The van der Waals surface area contributed by atoms with E-state index in [0.717, 1.165) is 18.5 Å². The molecular weight excluding hydrogens is 336 g/mol. The predicted molar refractivity (Wildman–Crippen MR) is 99.9 cm³/mol. The third-order valence-corrected chi connectivity index (χ3v) is 5.20. The van der Waals surface area contributed by atoms with Crippen LogP contribution in [0.4, 0.5) is 0 Å². The molecule has 1 unspecified atom stereocenters. The van der Waals surface area contributed by atoms with Gasteiger partial charge in [0.15, 0.2) is 0 Å². The minimum absolute atomic E-state index is 0.0358. The Balaban J connectivity index is 1.62. The van der Waals surface area contributed by atoms with Crippen LogP contribution in [0.2, 0.25) is 5.02 Å². The lowest BCUT2D eigenvalue weighted by Crippen LogP contribution is -2.46. The number of rotatable bonds is 4. The maximum Gasteiger partial charge on any atom is 0.226 e. The molecule has 0 spiro atoms. The second-order valence-corrected chi connectivity index (χ2v) is 7.19. The fourth-order valence-electron chi connectivity index (χ4n) is 3.31. The molecule has 1 atom stereocenters. The van der Waals surface area contributed by atoms with Crippen LogP contribution >= 0.6 is 11.6 Å². The van der Waals surface area contributed by atoms with Crippen LogP contribution in [0.15, 0.2) is 42.5 Å². The number of halogens is 1. The van der Waals surface area contributed by atoms with Crippen molar-refractivity contribution in [2.75, 3.05) is 20.6 Å². The van der Waals surface area contributed by atoms with Gasteiger partial charge in [-0.3, -0.25) is 9.69 Å². The minimum Gasteiger partial charge on any atom is -0.506 e. The van der Waals surface area contributed by atoms with E-state index in [1.54, 1.807) is 17.0 Å². The van der Waals surface area contributed by atoms with E-state index in [1.165, 1.54) is 17.2 Å². The summed E-state index contributed by atoms with van der Waals surface area (Å²) in [6, 6.07) is 13.7. The number of aromatic hydroxyl groups is 1. The number of fused-ring (bicyclic) bond motifs is 1. The molecule has 2 aromatic carbocycles. The Morgan fingerprint density at radius 1 is 1.28 bits per heavy atom. The Kier molecular flexibility index (Phi) is 5.30. The van der Waals surface area contributed by atoms with Crippen molar-refractivity contribution in [2.24, 2.45) is 0 Å². The van der Waals surface area contributed by atoms with Crippen molar-refractivity contribution in [1.82, 2.24) is 9.80 Å². The second-order valence-electron chi connectivity index (χ2n) is 6.78. The molecule has 1 heterocycles. The van der Waals surface area contributed by atoms with Gasteiger partial charge in [0.1, 0.15) is 5.75 Å². The van der Waals surface area contributed by atoms with Crippen molar-refractivity contribution in [1.29, 1.82) is 0 Å². The molecule has 0 fully saturated rings. The number of nitrogens with zero attached hydrogens (tertiary/aromatic N) is 2. The van der Waals surface area contributed by atoms with Crippen LogP contribution in [-0.2, 0) is 24.2 Å². The maximum atomic E-state index is 12.5. The number of amides is 1. The first-order chi connectivity index (χ1) is 11.9. The van der Waals surface area contributed by atoms with E-state index in [1.807, 2.05) is 7.05 Å². The highest BCUT2D eigenvalue weighted by molar-refractivity contribution is 6.32. The molecule has 5 heteroatoms. The van der Waals surface area contributed by atoms with Crippen molar-refractivity contribution < 1.29 is 9.90 Å². The van der Waals surface area contributed by atoms with Crippen LogP contribution in [0.25, 0.3) is 0 Å². The molecule has 0 radical (unpaired) electrons. The van der Waals surface area contributed by atoms with Crippen molar-refractivity contribution >= 4 is 17.5 Å². The molecule has 0 saturated heterocycles. The number of carbonyl (C=O) groups excluding carboxylic acids is 1. The molecule has 0 saturated carbocycles. The average Bonchev–Trinajstić information content (AvgIpc) is 2.58. The number of hydrogen-bond acceptors (Lipinski definition) is 3. The lowest BCUT2D eigenvalue weighted by Gasteiger charge is -2.36. The van der Waals surface area contributed by atoms with Crippen LogP contribution in [-0.4, -0.2) is 47.5 Å². The Morgan fingerprint density at radius 3 is 2.72 bits per heavy atom. The first kappa shape index (κ1) is 17.8. The summed E-state index contributed by atoms with van der Waals surface area (Å²) in [4.78, 5) is 16.6. The van der Waals surface area contributed by atoms with E-state index in [2.05, 4.69) is 36.2 Å². The summed E-state index contributed by atoms with van der Waals surface area (Å²) in [7, 11) is 3.96. The summed E-state index contributed by atoms with van der Waals surface area (Å²) >= 11 is 5.92. The van der Waals surface area contributed by atoms with Gasteiger partial charge in [-0.1, -0.05) is 41.9 Å². The maximum absolute atomic E-state index is 12.5. The smallest absolute Gasteiger partial charge is 0.226 e. The largest absolute Gasteiger partial charge is 0.506 e. The van der Waals surface area contributed by atoms with Crippen LogP contribution in [0.1, 0.15) is 16.7 Å². The van der Waals surface area contributed by atoms with Crippen LogP contribution in [0.5, 0.6) is 5.75 Å². The van der Waals surface area contributed by atoms with Gasteiger partial charge >= 0.3 is 0 Å². The third kappa shape index (κ3) is 4.14. The molecule has 1 aliphatic heterocycles. The quantitative estimate of drug-likeness (QED) is 0.913. The molecule has 4 nitrogen and oxygen atoms in total. The summed E-state index contributed by atoms with van der Waals surface area (Å²) in [6.07, 6.45) is 1.23. The minimum atomic E-state index is 0.0358. The molecule has 1 amide bonds. The molecule has 0 aromatic heterocycles. The van der Waals surface area contributed by atoms with E-state index >= 15 is 0 Å². The molecule has 25 heavy (non-hydrogen) atoms. The average molecular weight is 359 g/mol. The summed E-state index contributed by atoms with van der Waals surface area (Å²) < 4.78 is 0. The molecule has 0 bridgehead atoms. The number of phenolic OH excluding ortho intramolecular Hbond substituents is 1. The topological polar surface area (TPSA) is 43.8 Å². The lowest BCUT2D eigenvalue weighted by atomic mass is 9.94. The lowest BCUT2D eigenvalue weighted by molar-refractivity contribution is -0.129. The van der Waals surface area contributed by atoms with E-state index in [0.29, 0.717) is 12.6 Å². The molecule has 1 N–H and O–H groups in total. The van der Waals surface area contributed by atoms with Gasteiger partial charge in [0, 0.05) is 26.2 Å². The molecule has 132 valence electrons. The van der Waals surface area contributed by atoms with Gasteiger partial charge in [-0.25, -0.2) is 0 Å². The van der Waals surface area contributed by atoms with Crippen LogP contribution in [0.3, 0.4) is 0 Å². The molecular formula is C20H23ClN2O2. The summed E-state index contributed by atoms with van der Waals surface area (Å²) in [5.41, 5.74) is 3.55. The molecule has 0 aliphatic carbocycles. The Bertz CT molecular complexity index is 778. The van der Waals surface area contributed by atoms with Crippen molar-refractivity contribution in [2.45, 2.75) is 25.4 Å². The number of likely N-dealkylation sites (N-methyl/N-ethyl adjacent to an activating group) is 2. The normalized spacial score (nSPS) is 17.2. The highest BCUT2D eigenvalue weighted by atomic mass is 35.5. The molecule has 1 aliphatic rings. The third-order valence-electron chi connectivity index (χ3n) is 4.89. The zero-order valence-electron chi connectivity index (χ0n) is 14.6. The first-order valence-corrected chi connectivity index (χ1v) is 8.80. The number of hydrogen-bond donors (Lipinski definition) is 1. The van der Waals surface area contributed by atoms with E-state index in [9.17, 15) is 9.90 Å². The van der Waals surface area contributed by atoms with Crippen molar-refractivity contribution in [3.63, 3.8) is 0 Å². The highest BCUT2D eigenvalue weighted by Gasteiger charge is 2.25. The van der Waals surface area contributed by atoms with Gasteiger partial charge < -0.3 is 10.0 Å². The number of phenols is 1. The van der Waals surface area contributed by atoms with Crippen LogP contribution < -0.4 is 0 Å². The van der Waals surface area contributed by atoms with Gasteiger partial charge in [-0.05, 0) is 42.3 Å². The predicted octanol–water partition coefficient (Wildman–Crippen LogP) is 3.10. The van der Waals surface area contributed by atoms with E-state index < -0.39 is 0 Å². The Labute approximate surface area is 153 Å². The van der Waals surface area contributed by atoms with Gasteiger partial charge in [0.2, 0.25) is 5.91 Å². The second kappa shape index (κ2) is 7.46. The first-order valence-electron chi connectivity index (χ1n) is 8.42. The fraction of sp³-hybridized carbons (Fsp3) is 0.350. The number of benzene rings is 2. The summed E-state index contributed by atoms with van der Waals surface area (Å²) in [5, 5.41) is 9.75. The van der Waals surface area contributed by atoms with Crippen molar-refractivity contribution in [3.8, 4) is 5.75 Å². The van der Waals surface area contributed by atoms with E-state index in [-0.39, 0.29) is 23.1 Å². The van der Waals surface area contributed by atoms with Crippen molar-refractivity contribution in [3.05, 3.63) is 64.2 Å². The molecule has 3 rings (SSSR count). The van der Waals surface area contributed by atoms with Crippen LogP contribution in [0, 0.1) is 0 Å². The van der Waals surface area contributed by atoms with Gasteiger partial charge in [0.25, 0.3) is 0 Å². The standard InChI is InChI=1S/C20H23ClN2O2/c1-22-12-16-6-4-3-5-15(16)11-17(22)13-23(2)20(25)10-14-7-8-19(24)18(21)9-14/h3-9,17,24H,10-13H2,1-2H3. The Hall–Kier alpha value is -2.04. The fourth-order valence-corrected chi connectivity index (χ4v) is 3.51. The van der Waals surface area contributed by atoms with Gasteiger partial charge in [0.05, 0.1) is 11.4 Å². The zero-order valence-corrected chi connectivity index (χ0v) is 15.3. The summed E-state index contributed by atoms with van der Waals surface area (Å²) in [5.74, 6) is 0.0859. The summed E-state index contributed by atoms with van der Waals surface area (Å²) in [6.45, 7) is 1.60. The number of carbonyl (C=O) groups is 1.